The summed E-state index contributed by atoms with van der Waals surface area (Å²) in [6.07, 6.45) is 7.16. The van der Waals surface area contributed by atoms with E-state index in [0.717, 1.165) is 18.4 Å². The fraction of sp³-hybridized carbons (Fsp3) is 0.556. The molecule has 0 aliphatic carbocycles. The van der Waals surface area contributed by atoms with Gasteiger partial charge in [0.15, 0.2) is 0 Å². The summed E-state index contributed by atoms with van der Waals surface area (Å²) in [5, 5.41) is 0. The maximum atomic E-state index is 6.31. The van der Waals surface area contributed by atoms with Crippen molar-refractivity contribution in [3.8, 4) is 0 Å². The van der Waals surface area contributed by atoms with Crippen LogP contribution in [0, 0.1) is 0 Å². The van der Waals surface area contributed by atoms with Gasteiger partial charge in [-0.25, -0.2) is 0 Å². The molecule has 1 aromatic carbocycles. The number of hydrogen-bond donors (Lipinski definition) is 0. The molecule has 0 amide bonds. The molecule has 1 heterocycles. The molecule has 104 valence electrons. The Bertz CT molecular complexity index is 425. The molecule has 0 saturated carbocycles. The molecule has 0 fully saturated rings. The van der Waals surface area contributed by atoms with Gasteiger partial charge in [-0.1, -0.05) is 70.4 Å². The Balaban J connectivity index is 2.37. The number of benzene rings is 1. The first-order valence-electron chi connectivity index (χ1n) is 7.65. The maximum Gasteiger partial charge on any atom is 0.0941 e. The van der Waals surface area contributed by atoms with Gasteiger partial charge in [-0.15, -0.1) is 0 Å². The molecule has 0 aromatic heterocycles. The predicted octanol–water partition coefficient (Wildman–Crippen LogP) is 5.31. The van der Waals surface area contributed by atoms with Gasteiger partial charge in [-0.2, -0.15) is 0 Å². The number of ether oxygens (including phenoxy) is 1. The normalized spacial score (nSPS) is 17.3. The molecule has 0 saturated heterocycles. The molecular weight excluding hydrogens is 232 g/mol. The first kappa shape index (κ1) is 14.3. The molecular formula is C18H26O. The first-order chi connectivity index (χ1) is 9.23. The number of rotatable bonds is 6. The monoisotopic (exact) mass is 258 g/mol. The highest BCUT2D eigenvalue weighted by Gasteiger charge is 2.37. The minimum Gasteiger partial charge on any atom is -0.366 e. The largest absolute Gasteiger partial charge is 0.366 e. The fourth-order valence-corrected chi connectivity index (χ4v) is 3.03. The number of fused-ring (bicyclic) bond motifs is 1. The lowest BCUT2D eigenvalue weighted by molar-refractivity contribution is -0.0555. The highest BCUT2D eigenvalue weighted by atomic mass is 16.5. The van der Waals surface area contributed by atoms with E-state index >= 15 is 0 Å². The third-order valence-corrected chi connectivity index (χ3v) is 4.19. The molecule has 0 bridgehead atoms. The van der Waals surface area contributed by atoms with Gasteiger partial charge in [-0.3, -0.25) is 0 Å². The van der Waals surface area contributed by atoms with Gasteiger partial charge in [0.1, 0.15) is 0 Å². The van der Waals surface area contributed by atoms with Crippen molar-refractivity contribution in [1.82, 2.24) is 0 Å². The Morgan fingerprint density at radius 2 is 1.74 bits per heavy atom. The van der Waals surface area contributed by atoms with E-state index < -0.39 is 0 Å². The summed E-state index contributed by atoms with van der Waals surface area (Å²) in [4.78, 5) is 0. The molecule has 0 N–H and O–H groups in total. The molecule has 0 atom stereocenters. The Labute approximate surface area is 117 Å². The predicted molar refractivity (Wildman–Crippen MR) is 82.2 cm³/mol. The molecule has 1 aromatic rings. The molecule has 1 nitrogen and oxygen atoms in total. The Morgan fingerprint density at radius 1 is 1.11 bits per heavy atom. The molecule has 19 heavy (non-hydrogen) atoms. The summed E-state index contributed by atoms with van der Waals surface area (Å²) in [6, 6.07) is 8.69. The highest BCUT2D eigenvalue weighted by molar-refractivity contribution is 5.69. The van der Waals surface area contributed by atoms with E-state index in [4.69, 9.17) is 4.74 Å². The second-order valence-corrected chi connectivity index (χ2v) is 5.64. The van der Waals surface area contributed by atoms with E-state index in [2.05, 4.69) is 44.7 Å². The first-order valence-corrected chi connectivity index (χ1v) is 7.65. The molecule has 2 rings (SSSR count). The minimum absolute atomic E-state index is 0.0657. The molecule has 1 aliphatic heterocycles. The van der Waals surface area contributed by atoms with Gasteiger partial charge in [-0.05, 0) is 29.5 Å². The topological polar surface area (TPSA) is 9.23 Å². The average Bonchev–Trinajstić information content (AvgIpc) is 2.46. The third kappa shape index (κ3) is 2.92. The summed E-state index contributed by atoms with van der Waals surface area (Å²) in [5.41, 5.74) is 3.75. The van der Waals surface area contributed by atoms with Crippen LogP contribution < -0.4 is 0 Å². The van der Waals surface area contributed by atoms with Crippen LogP contribution in [0.15, 0.2) is 30.8 Å². The van der Waals surface area contributed by atoms with Gasteiger partial charge < -0.3 is 4.74 Å². The summed E-state index contributed by atoms with van der Waals surface area (Å²) < 4.78 is 6.31. The van der Waals surface area contributed by atoms with Crippen LogP contribution in [0.5, 0.6) is 0 Å². The molecule has 1 aliphatic rings. The van der Waals surface area contributed by atoms with Crippen LogP contribution in [0.3, 0.4) is 0 Å². The lowest BCUT2D eigenvalue weighted by Gasteiger charge is -2.40. The average molecular weight is 258 g/mol. The second kappa shape index (κ2) is 6.38. The van der Waals surface area contributed by atoms with Gasteiger partial charge in [0.2, 0.25) is 0 Å². The highest BCUT2D eigenvalue weighted by Crippen LogP contribution is 2.43. The lowest BCUT2D eigenvalue weighted by Crippen LogP contribution is -2.35. The van der Waals surface area contributed by atoms with E-state index in [1.165, 1.54) is 36.8 Å². The van der Waals surface area contributed by atoms with Crippen LogP contribution in [0.2, 0.25) is 0 Å². The van der Waals surface area contributed by atoms with Gasteiger partial charge in [0.05, 0.1) is 12.2 Å². The standard InChI is InChI=1S/C18H26O/c1-4-6-12-18(13-7-5-2)17-11-9-8-10-16(17)15(3)14-19-18/h8-11H,3-7,12-14H2,1-2H3. The summed E-state index contributed by atoms with van der Waals surface area (Å²) in [7, 11) is 0. The number of hydrogen-bond acceptors (Lipinski definition) is 1. The van der Waals surface area contributed by atoms with Crippen molar-refractivity contribution in [3.63, 3.8) is 0 Å². The van der Waals surface area contributed by atoms with E-state index in [1.54, 1.807) is 0 Å². The van der Waals surface area contributed by atoms with Crippen LogP contribution in [0.4, 0.5) is 0 Å². The van der Waals surface area contributed by atoms with Crippen LogP contribution in [0.25, 0.3) is 5.57 Å². The van der Waals surface area contributed by atoms with Crippen LogP contribution >= 0.6 is 0 Å². The van der Waals surface area contributed by atoms with Crippen molar-refractivity contribution in [2.24, 2.45) is 0 Å². The summed E-state index contributed by atoms with van der Waals surface area (Å²) in [6.45, 7) is 9.34. The lowest BCUT2D eigenvalue weighted by atomic mass is 9.78. The zero-order valence-electron chi connectivity index (χ0n) is 12.4. The van der Waals surface area contributed by atoms with Crippen molar-refractivity contribution in [3.05, 3.63) is 42.0 Å². The minimum atomic E-state index is -0.0657. The van der Waals surface area contributed by atoms with Crippen LogP contribution in [-0.2, 0) is 10.3 Å². The molecule has 1 heteroatoms. The summed E-state index contributed by atoms with van der Waals surface area (Å²) in [5.74, 6) is 0. The molecule has 0 spiro atoms. The van der Waals surface area contributed by atoms with Crippen molar-refractivity contribution in [2.75, 3.05) is 6.61 Å². The Kier molecular flexibility index (Phi) is 4.81. The van der Waals surface area contributed by atoms with Gasteiger partial charge >= 0.3 is 0 Å². The van der Waals surface area contributed by atoms with Crippen molar-refractivity contribution >= 4 is 5.57 Å². The maximum absolute atomic E-state index is 6.31. The quantitative estimate of drug-likeness (QED) is 0.672. The van der Waals surface area contributed by atoms with Gasteiger partial charge in [0, 0.05) is 0 Å². The van der Waals surface area contributed by atoms with E-state index in [1.807, 2.05) is 0 Å². The van der Waals surface area contributed by atoms with E-state index in [0.29, 0.717) is 6.61 Å². The second-order valence-electron chi connectivity index (χ2n) is 5.64. The number of unbranched alkanes of at least 4 members (excludes halogenated alkanes) is 2. The zero-order chi connectivity index (χ0) is 13.7. The zero-order valence-corrected chi connectivity index (χ0v) is 12.4. The van der Waals surface area contributed by atoms with Crippen LogP contribution in [0.1, 0.15) is 63.5 Å². The van der Waals surface area contributed by atoms with E-state index in [9.17, 15) is 0 Å². The van der Waals surface area contributed by atoms with Crippen LogP contribution in [-0.4, -0.2) is 6.61 Å². The van der Waals surface area contributed by atoms with Crippen molar-refractivity contribution in [2.45, 2.75) is 58.0 Å². The third-order valence-electron chi connectivity index (χ3n) is 4.19. The molecule has 0 unspecified atom stereocenters. The smallest absolute Gasteiger partial charge is 0.0941 e. The fourth-order valence-electron chi connectivity index (χ4n) is 3.03. The van der Waals surface area contributed by atoms with Crippen molar-refractivity contribution in [1.29, 1.82) is 0 Å². The summed E-state index contributed by atoms with van der Waals surface area (Å²) >= 11 is 0. The Morgan fingerprint density at radius 3 is 2.37 bits per heavy atom. The van der Waals surface area contributed by atoms with Crippen molar-refractivity contribution < 1.29 is 4.74 Å². The van der Waals surface area contributed by atoms with E-state index in [-0.39, 0.29) is 5.60 Å². The van der Waals surface area contributed by atoms with Gasteiger partial charge in [0.25, 0.3) is 0 Å². The SMILES string of the molecule is C=C1COC(CCCC)(CCCC)c2ccccc21. The Hall–Kier alpha value is -1.08. The molecule has 0 radical (unpaired) electrons.